The number of hydrogen-bond acceptors (Lipinski definition) is 6. The number of ketones is 2. The number of Topliss-reactive ketones (excluding diaryl/α,β-unsaturated/α-hetero) is 2. The van der Waals surface area contributed by atoms with E-state index in [4.69, 9.17) is 4.74 Å². The Balaban J connectivity index is 1.87. The van der Waals surface area contributed by atoms with Crippen LogP contribution in [0.4, 0.5) is 8.78 Å². The molecule has 0 heterocycles. The van der Waals surface area contributed by atoms with Gasteiger partial charge < -0.3 is 20.5 Å². The first kappa shape index (κ1) is 34.7. The van der Waals surface area contributed by atoms with Crippen LogP contribution in [0.5, 0.6) is 0 Å². The molecule has 0 radical (unpaired) electrons. The Bertz CT molecular complexity index is 1200. The Hall–Kier alpha value is -3.50. The number of amides is 2. The first-order valence-electron chi connectivity index (χ1n) is 14.1. The molecule has 3 atom stereocenters. The van der Waals surface area contributed by atoms with E-state index in [1.807, 2.05) is 44.2 Å². The SMILES string of the molecule is CC(=O)NC(CC(=O)CCC(C)(C)CCC(=O)[C@@H](O)[C@@H](COCc1ccccc1)NC(C)=O)Cc1cc(F)ccc1F. The Morgan fingerprint density at radius 2 is 1.57 bits per heavy atom. The summed E-state index contributed by atoms with van der Waals surface area (Å²) in [6, 6.07) is 10.8. The van der Waals surface area contributed by atoms with Crippen LogP contribution in [0.3, 0.4) is 0 Å². The average Bonchev–Trinajstić information content (AvgIpc) is 2.92. The molecule has 0 aliphatic carbocycles. The first-order chi connectivity index (χ1) is 19.8. The molecule has 2 aromatic rings. The van der Waals surface area contributed by atoms with E-state index in [-0.39, 0.29) is 56.2 Å². The maximum absolute atomic E-state index is 14.1. The second kappa shape index (κ2) is 16.8. The highest BCUT2D eigenvalue weighted by molar-refractivity contribution is 5.85. The maximum Gasteiger partial charge on any atom is 0.217 e. The average molecular weight is 589 g/mol. The van der Waals surface area contributed by atoms with Gasteiger partial charge in [0.25, 0.3) is 0 Å². The molecule has 0 fully saturated rings. The second-order valence-corrected chi connectivity index (χ2v) is 11.5. The van der Waals surface area contributed by atoms with Crippen molar-refractivity contribution >= 4 is 23.4 Å². The summed E-state index contributed by atoms with van der Waals surface area (Å²) in [6.45, 7) is 6.61. The summed E-state index contributed by atoms with van der Waals surface area (Å²) < 4.78 is 33.3. The highest BCUT2D eigenvalue weighted by Crippen LogP contribution is 2.29. The van der Waals surface area contributed by atoms with E-state index >= 15 is 0 Å². The summed E-state index contributed by atoms with van der Waals surface area (Å²) in [4.78, 5) is 48.9. The van der Waals surface area contributed by atoms with Crippen LogP contribution >= 0.6 is 0 Å². The van der Waals surface area contributed by atoms with Gasteiger partial charge in [-0.05, 0) is 54.0 Å². The van der Waals surface area contributed by atoms with Gasteiger partial charge in [-0.1, -0.05) is 44.2 Å². The van der Waals surface area contributed by atoms with Crippen LogP contribution in [0.15, 0.2) is 48.5 Å². The molecule has 0 aromatic heterocycles. The van der Waals surface area contributed by atoms with Crippen LogP contribution in [0.25, 0.3) is 0 Å². The topological polar surface area (TPSA) is 122 Å². The van der Waals surface area contributed by atoms with Crippen LogP contribution in [0, 0.1) is 17.0 Å². The number of nitrogens with one attached hydrogen (secondary N) is 2. The lowest BCUT2D eigenvalue weighted by atomic mass is 9.81. The van der Waals surface area contributed by atoms with Gasteiger partial charge in [0.05, 0.1) is 19.3 Å². The number of carbonyl (C=O) groups is 4. The second-order valence-electron chi connectivity index (χ2n) is 11.5. The van der Waals surface area contributed by atoms with Crippen molar-refractivity contribution in [2.45, 2.75) is 91.0 Å². The Morgan fingerprint density at radius 3 is 2.21 bits per heavy atom. The van der Waals surface area contributed by atoms with Gasteiger partial charge in [-0.15, -0.1) is 0 Å². The lowest BCUT2D eigenvalue weighted by Gasteiger charge is -2.27. The van der Waals surface area contributed by atoms with E-state index in [9.17, 15) is 33.1 Å². The smallest absolute Gasteiger partial charge is 0.217 e. The number of ether oxygens (including phenoxy) is 1. The van der Waals surface area contributed by atoms with Crippen molar-refractivity contribution in [3.63, 3.8) is 0 Å². The minimum Gasteiger partial charge on any atom is -0.383 e. The lowest BCUT2D eigenvalue weighted by Crippen LogP contribution is -2.49. The van der Waals surface area contributed by atoms with Gasteiger partial charge in [0.2, 0.25) is 11.8 Å². The molecule has 1 unspecified atom stereocenters. The zero-order chi connectivity index (χ0) is 31.3. The molecular formula is C32H42F2N2O6. The molecule has 8 nitrogen and oxygen atoms in total. The molecule has 2 aromatic carbocycles. The van der Waals surface area contributed by atoms with Gasteiger partial charge in [0, 0.05) is 39.2 Å². The summed E-state index contributed by atoms with van der Waals surface area (Å²) in [6.07, 6.45) is -0.524. The van der Waals surface area contributed by atoms with E-state index in [0.29, 0.717) is 12.8 Å². The zero-order valence-corrected chi connectivity index (χ0v) is 24.8. The molecule has 10 heteroatoms. The Kier molecular flexibility index (Phi) is 13.9. The molecular weight excluding hydrogens is 546 g/mol. The molecule has 3 N–H and O–H groups in total. The summed E-state index contributed by atoms with van der Waals surface area (Å²) in [5.74, 6) is -2.61. The molecule has 0 saturated heterocycles. The third-order valence-electron chi connectivity index (χ3n) is 6.99. The fourth-order valence-corrected chi connectivity index (χ4v) is 4.59. The number of hydrogen-bond donors (Lipinski definition) is 3. The fourth-order valence-electron chi connectivity index (χ4n) is 4.59. The minimum absolute atomic E-state index is 0.0322. The van der Waals surface area contributed by atoms with Crippen molar-refractivity contribution in [1.29, 1.82) is 0 Å². The molecule has 0 spiro atoms. The minimum atomic E-state index is -1.45. The van der Waals surface area contributed by atoms with Gasteiger partial charge in [-0.25, -0.2) is 8.78 Å². The summed E-state index contributed by atoms with van der Waals surface area (Å²) in [5.41, 5.74) is 0.555. The van der Waals surface area contributed by atoms with Gasteiger partial charge in [-0.2, -0.15) is 0 Å². The van der Waals surface area contributed by atoms with E-state index in [2.05, 4.69) is 10.6 Å². The molecule has 2 rings (SSSR count). The number of aliphatic hydroxyl groups is 1. The molecule has 0 aliphatic heterocycles. The number of halogens is 2. The van der Waals surface area contributed by atoms with Crippen LogP contribution < -0.4 is 10.6 Å². The van der Waals surface area contributed by atoms with Gasteiger partial charge >= 0.3 is 0 Å². The standard InChI is InChI=1S/C32H42F2N2O6/c1-21(37)35-26(17-24-16-25(33)10-11-28(24)34)18-27(39)12-14-32(3,4)15-13-30(40)31(41)29(36-22(2)38)20-42-19-23-8-6-5-7-9-23/h5-11,16,26,29,31,41H,12-15,17-20H2,1-4H3,(H,35,37)(H,36,38)/t26?,29-,31+/m1/s1. The quantitative estimate of drug-likeness (QED) is 0.240. The summed E-state index contributed by atoms with van der Waals surface area (Å²) in [7, 11) is 0. The number of benzene rings is 2. The molecule has 0 bridgehead atoms. The first-order valence-corrected chi connectivity index (χ1v) is 14.1. The van der Waals surface area contributed by atoms with E-state index in [0.717, 1.165) is 23.8 Å². The highest BCUT2D eigenvalue weighted by atomic mass is 19.1. The van der Waals surface area contributed by atoms with Gasteiger partial charge in [0.15, 0.2) is 5.78 Å². The van der Waals surface area contributed by atoms with Crippen molar-refractivity contribution in [3.05, 3.63) is 71.3 Å². The third kappa shape index (κ3) is 13.0. The van der Waals surface area contributed by atoms with Crippen molar-refractivity contribution < 1.29 is 37.8 Å². The van der Waals surface area contributed by atoms with Crippen molar-refractivity contribution in [3.8, 4) is 0 Å². The molecule has 0 aliphatic rings. The number of rotatable bonds is 18. The van der Waals surface area contributed by atoms with Crippen LogP contribution in [0.1, 0.15) is 70.9 Å². The van der Waals surface area contributed by atoms with Crippen LogP contribution in [0.2, 0.25) is 0 Å². The fraction of sp³-hybridized carbons (Fsp3) is 0.500. The summed E-state index contributed by atoms with van der Waals surface area (Å²) >= 11 is 0. The number of carbonyl (C=O) groups excluding carboxylic acids is 4. The van der Waals surface area contributed by atoms with Crippen molar-refractivity contribution in [1.82, 2.24) is 10.6 Å². The zero-order valence-electron chi connectivity index (χ0n) is 24.8. The largest absolute Gasteiger partial charge is 0.383 e. The third-order valence-corrected chi connectivity index (χ3v) is 6.99. The van der Waals surface area contributed by atoms with Crippen LogP contribution in [-0.4, -0.2) is 53.3 Å². The molecule has 2 amide bonds. The number of aliphatic hydroxyl groups excluding tert-OH is 1. The summed E-state index contributed by atoms with van der Waals surface area (Å²) in [5, 5.41) is 15.9. The lowest BCUT2D eigenvalue weighted by molar-refractivity contribution is -0.132. The predicted molar refractivity (Wildman–Crippen MR) is 154 cm³/mol. The van der Waals surface area contributed by atoms with Gasteiger partial charge in [-0.3, -0.25) is 19.2 Å². The van der Waals surface area contributed by atoms with E-state index < -0.39 is 46.9 Å². The predicted octanol–water partition coefficient (Wildman–Crippen LogP) is 4.21. The Labute approximate surface area is 246 Å². The normalized spacial score (nSPS) is 13.6. The van der Waals surface area contributed by atoms with E-state index in [1.165, 1.54) is 13.8 Å². The maximum atomic E-state index is 14.1. The molecule has 230 valence electrons. The monoisotopic (exact) mass is 588 g/mol. The van der Waals surface area contributed by atoms with Gasteiger partial charge in [0.1, 0.15) is 23.5 Å². The van der Waals surface area contributed by atoms with Crippen LogP contribution in [-0.2, 0) is 36.9 Å². The Morgan fingerprint density at radius 1 is 0.929 bits per heavy atom. The highest BCUT2D eigenvalue weighted by Gasteiger charge is 2.29. The van der Waals surface area contributed by atoms with E-state index in [1.54, 1.807) is 0 Å². The van der Waals surface area contributed by atoms with Crippen molar-refractivity contribution in [2.24, 2.45) is 5.41 Å². The van der Waals surface area contributed by atoms with Crippen molar-refractivity contribution in [2.75, 3.05) is 6.61 Å². The molecule has 0 saturated carbocycles. The molecule has 42 heavy (non-hydrogen) atoms.